The highest BCUT2D eigenvalue weighted by molar-refractivity contribution is 5.78. The van der Waals surface area contributed by atoms with Crippen LogP contribution in [0, 0.1) is 0 Å². The number of aromatic amines is 1. The van der Waals surface area contributed by atoms with Crippen LogP contribution < -0.4 is 9.42 Å². The largest absolute Gasteiger partial charge is 0.497 e. The van der Waals surface area contributed by atoms with Crippen molar-refractivity contribution in [2.75, 3.05) is 7.11 Å². The van der Waals surface area contributed by atoms with E-state index in [1.165, 1.54) is 5.39 Å². The van der Waals surface area contributed by atoms with Crippen molar-refractivity contribution in [1.82, 2.24) is 5.10 Å². The number of aryl methyl sites for hydroxylation is 1. The van der Waals surface area contributed by atoms with Gasteiger partial charge in [0.15, 0.2) is 7.05 Å². The molecule has 0 radical (unpaired) electrons. The normalized spacial score (nSPS) is 10.5. The van der Waals surface area contributed by atoms with Crippen LogP contribution in [0.5, 0.6) is 5.75 Å². The van der Waals surface area contributed by atoms with Gasteiger partial charge in [-0.15, -0.1) is 4.68 Å². The summed E-state index contributed by atoms with van der Waals surface area (Å²) in [7, 11) is 3.64. The Morgan fingerprint density at radius 1 is 1.42 bits per heavy atom. The van der Waals surface area contributed by atoms with E-state index in [0.717, 1.165) is 11.3 Å². The van der Waals surface area contributed by atoms with Crippen molar-refractivity contribution in [2.24, 2.45) is 7.05 Å². The molecule has 0 bridgehead atoms. The van der Waals surface area contributed by atoms with Crippen LogP contribution in [-0.4, -0.2) is 12.2 Å². The summed E-state index contributed by atoms with van der Waals surface area (Å²) in [6, 6.07) is 5.97. The molecule has 1 N–H and O–H groups in total. The standard InChI is InChI=1S/C9H10N2O/c1-11-6-7-3-4-8(12-2)5-9(7)10-11/h3-6H,1-2H3/p+1. The van der Waals surface area contributed by atoms with Gasteiger partial charge in [0, 0.05) is 6.07 Å². The van der Waals surface area contributed by atoms with Gasteiger partial charge in [-0.05, 0) is 12.1 Å². The SMILES string of the molecule is COc1ccc2c[n+](C)[nH]c2c1. The number of ether oxygens (including phenoxy) is 1. The molecule has 0 aliphatic heterocycles. The van der Waals surface area contributed by atoms with Gasteiger partial charge in [-0.2, -0.15) is 5.10 Å². The summed E-state index contributed by atoms with van der Waals surface area (Å²) in [5.41, 5.74) is 1.09. The minimum atomic E-state index is 0.880. The maximum atomic E-state index is 5.10. The molecule has 1 aromatic heterocycles. The first-order chi connectivity index (χ1) is 5.79. The molecule has 12 heavy (non-hydrogen) atoms. The molecule has 0 amide bonds. The van der Waals surface area contributed by atoms with Crippen molar-refractivity contribution in [3.63, 3.8) is 0 Å². The average Bonchev–Trinajstić information content (AvgIpc) is 2.43. The van der Waals surface area contributed by atoms with E-state index in [9.17, 15) is 0 Å². The zero-order valence-corrected chi connectivity index (χ0v) is 7.16. The molecule has 1 heterocycles. The van der Waals surface area contributed by atoms with Gasteiger partial charge in [0.05, 0.1) is 12.5 Å². The minimum absolute atomic E-state index is 0.880. The molecule has 0 saturated carbocycles. The molecule has 0 fully saturated rings. The number of aromatic nitrogens is 2. The van der Waals surface area contributed by atoms with E-state index >= 15 is 0 Å². The van der Waals surface area contributed by atoms with Crippen LogP contribution in [-0.2, 0) is 7.05 Å². The van der Waals surface area contributed by atoms with Crippen molar-refractivity contribution in [3.05, 3.63) is 24.4 Å². The Balaban J connectivity index is 2.66. The lowest BCUT2D eigenvalue weighted by atomic mass is 10.2. The maximum Gasteiger partial charge on any atom is 0.202 e. The average molecular weight is 163 g/mol. The van der Waals surface area contributed by atoms with Gasteiger partial charge >= 0.3 is 0 Å². The van der Waals surface area contributed by atoms with Crippen molar-refractivity contribution in [1.29, 1.82) is 0 Å². The highest BCUT2D eigenvalue weighted by Crippen LogP contribution is 2.16. The molecule has 2 aromatic rings. The van der Waals surface area contributed by atoms with Gasteiger partial charge < -0.3 is 4.74 Å². The summed E-state index contributed by atoms with van der Waals surface area (Å²) in [4.78, 5) is 0. The van der Waals surface area contributed by atoms with E-state index in [2.05, 4.69) is 5.10 Å². The molecule has 0 spiro atoms. The highest BCUT2D eigenvalue weighted by atomic mass is 16.5. The van der Waals surface area contributed by atoms with E-state index in [0.29, 0.717) is 0 Å². The topological polar surface area (TPSA) is 28.9 Å². The number of hydrogen-bond acceptors (Lipinski definition) is 1. The number of benzene rings is 1. The Hall–Kier alpha value is -1.51. The Bertz CT molecular complexity index is 406. The van der Waals surface area contributed by atoms with Crippen LogP contribution in [0.1, 0.15) is 0 Å². The second-order valence-electron chi connectivity index (χ2n) is 2.80. The molecular weight excluding hydrogens is 152 g/mol. The van der Waals surface area contributed by atoms with Gasteiger partial charge in [0.1, 0.15) is 11.3 Å². The van der Waals surface area contributed by atoms with E-state index in [1.807, 2.05) is 36.1 Å². The minimum Gasteiger partial charge on any atom is -0.497 e. The van der Waals surface area contributed by atoms with Crippen molar-refractivity contribution in [3.8, 4) is 5.75 Å². The summed E-state index contributed by atoms with van der Waals surface area (Å²) < 4.78 is 7.02. The number of hydrogen-bond donors (Lipinski definition) is 1. The lowest BCUT2D eigenvalue weighted by Gasteiger charge is -1.95. The first-order valence-electron chi connectivity index (χ1n) is 3.82. The Morgan fingerprint density at radius 3 is 3.00 bits per heavy atom. The molecule has 62 valence electrons. The van der Waals surface area contributed by atoms with Gasteiger partial charge in [-0.25, -0.2) is 0 Å². The quantitative estimate of drug-likeness (QED) is 0.624. The van der Waals surface area contributed by atoms with Crippen LogP contribution in [0.2, 0.25) is 0 Å². The summed E-state index contributed by atoms with van der Waals surface area (Å²) in [6.45, 7) is 0. The van der Waals surface area contributed by atoms with Crippen molar-refractivity contribution in [2.45, 2.75) is 0 Å². The highest BCUT2D eigenvalue weighted by Gasteiger charge is 2.03. The Kier molecular flexibility index (Phi) is 1.50. The predicted octanol–water partition coefficient (Wildman–Crippen LogP) is 1.00. The summed E-state index contributed by atoms with van der Waals surface area (Å²) in [5.74, 6) is 0.880. The number of nitrogens with one attached hydrogen (secondary N) is 1. The first kappa shape index (κ1) is 7.16. The fourth-order valence-electron chi connectivity index (χ4n) is 1.30. The smallest absolute Gasteiger partial charge is 0.202 e. The third-order valence-corrected chi connectivity index (χ3v) is 1.89. The van der Waals surface area contributed by atoms with E-state index in [1.54, 1.807) is 7.11 Å². The van der Waals surface area contributed by atoms with Gasteiger partial charge in [0.2, 0.25) is 6.20 Å². The molecule has 1 aromatic carbocycles. The molecular formula is C9H11N2O+. The van der Waals surface area contributed by atoms with Crippen LogP contribution in [0.4, 0.5) is 0 Å². The lowest BCUT2D eigenvalue weighted by Crippen LogP contribution is -2.27. The fraction of sp³-hybridized carbons (Fsp3) is 0.222. The third kappa shape index (κ3) is 1.03. The molecule has 0 saturated heterocycles. The zero-order chi connectivity index (χ0) is 8.55. The van der Waals surface area contributed by atoms with Crippen LogP contribution in [0.25, 0.3) is 10.9 Å². The monoisotopic (exact) mass is 163 g/mol. The number of rotatable bonds is 1. The van der Waals surface area contributed by atoms with Gasteiger partial charge in [-0.3, -0.25) is 0 Å². The molecule has 0 atom stereocenters. The van der Waals surface area contributed by atoms with Crippen LogP contribution >= 0.6 is 0 Å². The summed E-state index contributed by atoms with van der Waals surface area (Å²) in [6.07, 6.45) is 2.04. The maximum absolute atomic E-state index is 5.10. The predicted molar refractivity (Wildman–Crippen MR) is 46.0 cm³/mol. The zero-order valence-electron chi connectivity index (χ0n) is 7.16. The number of H-pyrrole nitrogens is 1. The Morgan fingerprint density at radius 2 is 2.25 bits per heavy atom. The lowest BCUT2D eigenvalue weighted by molar-refractivity contribution is -0.724. The second kappa shape index (κ2) is 2.52. The first-order valence-corrected chi connectivity index (χ1v) is 3.82. The summed E-state index contributed by atoms with van der Waals surface area (Å²) >= 11 is 0. The Labute approximate surface area is 70.6 Å². The molecule has 3 heteroatoms. The second-order valence-corrected chi connectivity index (χ2v) is 2.80. The fourth-order valence-corrected chi connectivity index (χ4v) is 1.30. The van der Waals surface area contributed by atoms with Crippen molar-refractivity contribution >= 4 is 10.9 Å². The number of methoxy groups -OCH3 is 1. The molecule has 0 aliphatic rings. The molecule has 0 unspecified atom stereocenters. The van der Waals surface area contributed by atoms with Crippen LogP contribution in [0.15, 0.2) is 24.4 Å². The molecule has 3 nitrogen and oxygen atoms in total. The van der Waals surface area contributed by atoms with E-state index < -0.39 is 0 Å². The van der Waals surface area contributed by atoms with E-state index in [-0.39, 0.29) is 0 Å². The van der Waals surface area contributed by atoms with Crippen molar-refractivity contribution < 1.29 is 9.42 Å². The number of nitrogens with zero attached hydrogens (tertiary/aromatic N) is 1. The molecule has 0 aliphatic carbocycles. The van der Waals surface area contributed by atoms with E-state index in [4.69, 9.17) is 4.74 Å². The van der Waals surface area contributed by atoms with Gasteiger partial charge in [0.25, 0.3) is 0 Å². The third-order valence-electron chi connectivity index (χ3n) is 1.89. The van der Waals surface area contributed by atoms with Gasteiger partial charge in [-0.1, -0.05) is 0 Å². The number of fused-ring (bicyclic) bond motifs is 1. The van der Waals surface area contributed by atoms with Crippen LogP contribution in [0.3, 0.4) is 0 Å². The summed E-state index contributed by atoms with van der Waals surface area (Å²) in [5, 5.41) is 4.36. The molecule has 2 rings (SSSR count).